The lowest BCUT2D eigenvalue weighted by atomic mass is 10.1. The molecule has 0 N–H and O–H groups in total. The first-order valence-electron chi connectivity index (χ1n) is 5.47. The van der Waals surface area contributed by atoms with Crippen LogP contribution < -0.4 is 4.74 Å². The van der Waals surface area contributed by atoms with Crippen LogP contribution in [0.15, 0.2) is 46.9 Å². The first-order chi connectivity index (χ1) is 8.65. The molecule has 0 aromatic heterocycles. The zero-order chi connectivity index (χ0) is 13.0. The molecule has 0 atom stereocenters. The summed E-state index contributed by atoms with van der Waals surface area (Å²) in [5, 5.41) is 0.668. The Balaban J connectivity index is 1.90. The standard InChI is InChI=1S/C14H11BrClFO/c15-11-2-1-10(14(17)9-11)7-8-18-13-5-3-12(16)4-6-13/h1-6,9H,7-8H2. The van der Waals surface area contributed by atoms with Gasteiger partial charge in [0, 0.05) is 15.9 Å². The predicted octanol–water partition coefficient (Wildman–Crippen LogP) is 4.86. The molecule has 0 amide bonds. The van der Waals surface area contributed by atoms with Crippen molar-refractivity contribution in [3.05, 3.63) is 63.3 Å². The summed E-state index contributed by atoms with van der Waals surface area (Å²) >= 11 is 8.99. The summed E-state index contributed by atoms with van der Waals surface area (Å²) in [5.41, 5.74) is 0.646. The van der Waals surface area contributed by atoms with Gasteiger partial charge in [0.05, 0.1) is 6.61 Å². The van der Waals surface area contributed by atoms with Gasteiger partial charge in [0.25, 0.3) is 0 Å². The van der Waals surface area contributed by atoms with Crippen LogP contribution in [0.1, 0.15) is 5.56 Å². The van der Waals surface area contributed by atoms with Gasteiger partial charge in [-0.25, -0.2) is 4.39 Å². The molecule has 0 aliphatic rings. The normalized spacial score (nSPS) is 10.4. The van der Waals surface area contributed by atoms with Crippen LogP contribution in [0.4, 0.5) is 4.39 Å². The van der Waals surface area contributed by atoms with E-state index in [1.165, 1.54) is 6.07 Å². The molecule has 2 rings (SSSR count). The van der Waals surface area contributed by atoms with Crippen LogP contribution >= 0.6 is 27.5 Å². The molecule has 0 saturated carbocycles. The fourth-order valence-corrected chi connectivity index (χ4v) is 1.99. The first-order valence-corrected chi connectivity index (χ1v) is 6.64. The number of hydrogen-bond acceptors (Lipinski definition) is 1. The van der Waals surface area contributed by atoms with E-state index in [0.717, 1.165) is 10.2 Å². The van der Waals surface area contributed by atoms with Crippen molar-refractivity contribution in [2.24, 2.45) is 0 Å². The van der Waals surface area contributed by atoms with Crippen molar-refractivity contribution < 1.29 is 9.13 Å². The van der Waals surface area contributed by atoms with E-state index in [-0.39, 0.29) is 5.82 Å². The number of hydrogen-bond donors (Lipinski definition) is 0. The maximum atomic E-state index is 13.5. The summed E-state index contributed by atoms with van der Waals surface area (Å²) in [7, 11) is 0. The Morgan fingerprint density at radius 2 is 1.83 bits per heavy atom. The molecule has 2 aromatic carbocycles. The third-order valence-corrected chi connectivity index (χ3v) is 3.21. The fourth-order valence-electron chi connectivity index (χ4n) is 1.53. The molecule has 1 nitrogen and oxygen atoms in total. The van der Waals surface area contributed by atoms with E-state index in [1.807, 2.05) is 6.07 Å². The van der Waals surface area contributed by atoms with Crippen molar-refractivity contribution in [1.82, 2.24) is 0 Å². The molecule has 2 aromatic rings. The number of halogens is 3. The molecule has 4 heteroatoms. The third kappa shape index (κ3) is 3.72. The SMILES string of the molecule is Fc1cc(Br)ccc1CCOc1ccc(Cl)cc1. The van der Waals surface area contributed by atoms with E-state index >= 15 is 0 Å². The summed E-state index contributed by atoms with van der Waals surface area (Å²) < 4.78 is 19.8. The lowest BCUT2D eigenvalue weighted by Gasteiger charge is -2.07. The number of benzene rings is 2. The molecule has 0 radical (unpaired) electrons. The molecule has 0 bridgehead atoms. The van der Waals surface area contributed by atoms with Gasteiger partial charge < -0.3 is 4.74 Å². The molecule has 94 valence electrons. The predicted molar refractivity (Wildman–Crippen MR) is 74.8 cm³/mol. The summed E-state index contributed by atoms with van der Waals surface area (Å²) in [6, 6.07) is 12.1. The Bertz CT molecular complexity index is 528. The van der Waals surface area contributed by atoms with E-state index in [2.05, 4.69) is 15.9 Å². The Kier molecular flexibility index (Phi) is 4.61. The third-order valence-electron chi connectivity index (χ3n) is 2.47. The van der Waals surface area contributed by atoms with Gasteiger partial charge in [-0.2, -0.15) is 0 Å². The van der Waals surface area contributed by atoms with Gasteiger partial charge in [0.2, 0.25) is 0 Å². The monoisotopic (exact) mass is 328 g/mol. The summed E-state index contributed by atoms with van der Waals surface area (Å²) in [6.45, 7) is 0.431. The van der Waals surface area contributed by atoms with Crippen LogP contribution in [0, 0.1) is 5.82 Å². The molecule has 0 aliphatic heterocycles. The van der Waals surface area contributed by atoms with Crippen molar-refractivity contribution >= 4 is 27.5 Å². The van der Waals surface area contributed by atoms with Crippen LogP contribution in [0.2, 0.25) is 5.02 Å². The van der Waals surface area contributed by atoms with Crippen molar-refractivity contribution in [1.29, 1.82) is 0 Å². The lowest BCUT2D eigenvalue weighted by Crippen LogP contribution is -2.03. The van der Waals surface area contributed by atoms with E-state index in [9.17, 15) is 4.39 Å². The molecule has 0 heterocycles. The molecule has 0 saturated heterocycles. The Morgan fingerprint density at radius 3 is 2.50 bits per heavy atom. The maximum absolute atomic E-state index is 13.5. The zero-order valence-corrected chi connectivity index (χ0v) is 11.8. The molecule has 0 unspecified atom stereocenters. The van der Waals surface area contributed by atoms with Crippen molar-refractivity contribution in [2.75, 3.05) is 6.61 Å². The Morgan fingerprint density at radius 1 is 1.11 bits per heavy atom. The van der Waals surface area contributed by atoms with Crippen LogP contribution in [-0.2, 0) is 6.42 Å². The maximum Gasteiger partial charge on any atom is 0.127 e. The van der Waals surface area contributed by atoms with Crippen LogP contribution in [0.3, 0.4) is 0 Å². The minimum atomic E-state index is -0.218. The summed E-state index contributed by atoms with van der Waals surface area (Å²) in [6.07, 6.45) is 0.530. The molecule has 0 fully saturated rings. The lowest BCUT2D eigenvalue weighted by molar-refractivity contribution is 0.320. The minimum Gasteiger partial charge on any atom is -0.493 e. The van der Waals surface area contributed by atoms with Crippen molar-refractivity contribution in [3.63, 3.8) is 0 Å². The highest BCUT2D eigenvalue weighted by Crippen LogP contribution is 2.18. The highest BCUT2D eigenvalue weighted by molar-refractivity contribution is 9.10. The fraction of sp³-hybridized carbons (Fsp3) is 0.143. The highest BCUT2D eigenvalue weighted by atomic mass is 79.9. The van der Waals surface area contributed by atoms with Gasteiger partial charge in [-0.05, 0) is 42.0 Å². The Hall–Kier alpha value is -1.06. The Labute approximate surface area is 119 Å². The highest BCUT2D eigenvalue weighted by Gasteiger charge is 2.03. The second-order valence-corrected chi connectivity index (χ2v) is 5.14. The topological polar surface area (TPSA) is 9.23 Å². The average Bonchev–Trinajstić information content (AvgIpc) is 2.34. The minimum absolute atomic E-state index is 0.218. The van der Waals surface area contributed by atoms with E-state index in [0.29, 0.717) is 23.6 Å². The van der Waals surface area contributed by atoms with Crippen LogP contribution in [0.5, 0.6) is 5.75 Å². The number of ether oxygens (including phenoxy) is 1. The first kappa shape index (κ1) is 13.4. The van der Waals surface area contributed by atoms with Crippen molar-refractivity contribution in [3.8, 4) is 5.75 Å². The van der Waals surface area contributed by atoms with Crippen LogP contribution in [0.25, 0.3) is 0 Å². The van der Waals surface area contributed by atoms with Gasteiger partial charge in [-0.15, -0.1) is 0 Å². The summed E-state index contributed by atoms with van der Waals surface area (Å²) in [5.74, 6) is 0.515. The number of rotatable bonds is 4. The average molecular weight is 330 g/mol. The molecule has 0 aliphatic carbocycles. The van der Waals surface area contributed by atoms with Crippen LogP contribution in [-0.4, -0.2) is 6.61 Å². The smallest absolute Gasteiger partial charge is 0.127 e. The second kappa shape index (κ2) is 6.21. The van der Waals surface area contributed by atoms with Gasteiger partial charge in [-0.1, -0.05) is 33.6 Å². The zero-order valence-electron chi connectivity index (χ0n) is 9.50. The second-order valence-electron chi connectivity index (χ2n) is 3.79. The molecule has 0 spiro atoms. The largest absolute Gasteiger partial charge is 0.493 e. The van der Waals surface area contributed by atoms with E-state index in [1.54, 1.807) is 30.3 Å². The van der Waals surface area contributed by atoms with Crippen molar-refractivity contribution in [2.45, 2.75) is 6.42 Å². The van der Waals surface area contributed by atoms with Gasteiger partial charge in [0.1, 0.15) is 11.6 Å². The van der Waals surface area contributed by atoms with Gasteiger partial charge in [0.15, 0.2) is 0 Å². The van der Waals surface area contributed by atoms with E-state index < -0.39 is 0 Å². The van der Waals surface area contributed by atoms with Gasteiger partial charge >= 0.3 is 0 Å². The molecule has 18 heavy (non-hydrogen) atoms. The molecular formula is C14H11BrClFO. The van der Waals surface area contributed by atoms with Gasteiger partial charge in [-0.3, -0.25) is 0 Å². The van der Waals surface area contributed by atoms with E-state index in [4.69, 9.17) is 16.3 Å². The quantitative estimate of drug-likeness (QED) is 0.778. The molecular weight excluding hydrogens is 319 g/mol. The summed E-state index contributed by atoms with van der Waals surface area (Å²) in [4.78, 5) is 0.